The molecule has 3 unspecified atom stereocenters. The fourth-order valence-corrected chi connectivity index (χ4v) is 6.33. The predicted molar refractivity (Wildman–Crippen MR) is 175 cm³/mol. The van der Waals surface area contributed by atoms with Gasteiger partial charge >= 0.3 is 0 Å². The molecule has 0 fully saturated rings. The molecule has 1 aliphatic heterocycles. The van der Waals surface area contributed by atoms with E-state index in [1.807, 2.05) is 32.0 Å². The van der Waals surface area contributed by atoms with Crippen molar-refractivity contribution in [3.05, 3.63) is 46.5 Å². The molecule has 0 saturated heterocycles. The number of carbonyl (C=O) groups is 1. The molecule has 0 bridgehead atoms. The number of phenols is 1. The van der Waals surface area contributed by atoms with Crippen LogP contribution in [0.3, 0.4) is 0 Å². The molecule has 3 atom stereocenters. The van der Waals surface area contributed by atoms with Crippen molar-refractivity contribution in [2.45, 2.75) is 138 Å². The zero-order valence-corrected chi connectivity index (χ0v) is 27.7. The van der Waals surface area contributed by atoms with Gasteiger partial charge in [-0.1, -0.05) is 78.7 Å². The molecule has 0 saturated carbocycles. The topological polar surface area (TPSA) is 67.8 Å². The number of aromatic hydroxyl groups is 1. The predicted octanol–water partition coefficient (Wildman–Crippen LogP) is 10.1. The van der Waals surface area contributed by atoms with Crippen LogP contribution in [0.1, 0.15) is 128 Å². The number of benzene rings is 2. The lowest BCUT2D eigenvalue weighted by Crippen LogP contribution is -2.37. The molecule has 0 spiro atoms. The van der Waals surface area contributed by atoms with Gasteiger partial charge < -0.3 is 19.9 Å². The highest BCUT2D eigenvalue weighted by Crippen LogP contribution is 2.45. The average Bonchev–Trinajstić information content (AvgIpc) is 2.92. The molecule has 1 aliphatic rings. The molecule has 1 amide bonds. The van der Waals surface area contributed by atoms with Crippen molar-refractivity contribution in [3.8, 4) is 17.2 Å². The third-order valence-electron chi connectivity index (χ3n) is 9.25. The van der Waals surface area contributed by atoms with Gasteiger partial charge in [0.2, 0.25) is 5.91 Å². The Morgan fingerprint density at radius 3 is 2.29 bits per heavy atom. The molecule has 0 aromatic heterocycles. The highest BCUT2D eigenvalue weighted by atomic mass is 16.5. The summed E-state index contributed by atoms with van der Waals surface area (Å²) in [5.74, 6) is 4.15. The number of hydrogen-bond acceptors (Lipinski definition) is 4. The van der Waals surface area contributed by atoms with Crippen LogP contribution >= 0.6 is 0 Å². The van der Waals surface area contributed by atoms with Gasteiger partial charge in [0.25, 0.3) is 0 Å². The first-order valence-electron chi connectivity index (χ1n) is 16.4. The van der Waals surface area contributed by atoms with Crippen LogP contribution in [-0.4, -0.2) is 16.6 Å². The third-order valence-corrected chi connectivity index (χ3v) is 9.25. The minimum atomic E-state index is -0.198. The van der Waals surface area contributed by atoms with E-state index in [0.717, 1.165) is 65.0 Å². The van der Waals surface area contributed by atoms with Crippen LogP contribution in [0.4, 0.5) is 5.69 Å². The van der Waals surface area contributed by atoms with Gasteiger partial charge in [-0.2, -0.15) is 0 Å². The number of rotatable bonds is 16. The standard InChI is InChI=1S/C37H57NO4/c1-25(2)13-9-14-26(3)15-10-16-27(4)17-12-21-37(8)22-20-33-34(35(40)28(5)29(6)36(33)42-37)24-41-32-19-11-18-31(23-32)38-30(7)39/h11,18-19,23,25-27,40H,9-10,12-17,20-22,24H2,1-8H3,(H,38,39). The highest BCUT2D eigenvalue weighted by molar-refractivity contribution is 5.88. The Labute approximate surface area is 255 Å². The Hall–Kier alpha value is -2.69. The van der Waals surface area contributed by atoms with Gasteiger partial charge in [0.1, 0.15) is 29.5 Å². The van der Waals surface area contributed by atoms with Gasteiger partial charge in [0.05, 0.1) is 0 Å². The summed E-state index contributed by atoms with van der Waals surface area (Å²) in [5.41, 5.74) is 4.20. The Morgan fingerprint density at radius 1 is 1.00 bits per heavy atom. The molecule has 2 aromatic rings. The van der Waals surface area contributed by atoms with Crippen molar-refractivity contribution in [2.24, 2.45) is 17.8 Å². The second-order valence-corrected chi connectivity index (χ2v) is 13.8. The van der Waals surface area contributed by atoms with Gasteiger partial charge in [0, 0.05) is 29.8 Å². The lowest BCUT2D eigenvalue weighted by molar-refractivity contribution is -0.114. The van der Waals surface area contributed by atoms with Crippen molar-refractivity contribution in [1.82, 2.24) is 0 Å². The smallest absolute Gasteiger partial charge is 0.221 e. The zero-order valence-electron chi connectivity index (χ0n) is 27.7. The van der Waals surface area contributed by atoms with Crippen LogP contribution in [0, 0.1) is 31.6 Å². The van der Waals surface area contributed by atoms with E-state index in [-0.39, 0.29) is 18.1 Å². The van der Waals surface area contributed by atoms with E-state index in [0.29, 0.717) is 17.2 Å². The highest BCUT2D eigenvalue weighted by Gasteiger charge is 2.35. The first kappa shape index (κ1) is 33.8. The molecule has 5 nitrogen and oxygen atoms in total. The molecule has 0 aliphatic carbocycles. The third kappa shape index (κ3) is 9.95. The summed E-state index contributed by atoms with van der Waals surface area (Å²) >= 11 is 0. The Bertz CT molecular complexity index is 1170. The molecular formula is C37H57NO4. The van der Waals surface area contributed by atoms with Gasteiger partial charge in [0.15, 0.2) is 0 Å². The minimum Gasteiger partial charge on any atom is -0.507 e. The first-order valence-corrected chi connectivity index (χ1v) is 16.4. The lowest BCUT2D eigenvalue weighted by atomic mass is 9.83. The van der Waals surface area contributed by atoms with Gasteiger partial charge in [-0.15, -0.1) is 0 Å². The molecule has 1 heterocycles. The summed E-state index contributed by atoms with van der Waals surface area (Å²) in [7, 11) is 0. The maximum absolute atomic E-state index is 11.4. The summed E-state index contributed by atoms with van der Waals surface area (Å²) in [6, 6.07) is 7.34. The van der Waals surface area contributed by atoms with Crippen LogP contribution in [0.5, 0.6) is 17.2 Å². The van der Waals surface area contributed by atoms with Crippen molar-refractivity contribution >= 4 is 11.6 Å². The molecule has 42 heavy (non-hydrogen) atoms. The van der Waals surface area contributed by atoms with Crippen molar-refractivity contribution < 1.29 is 19.4 Å². The molecule has 2 N–H and O–H groups in total. The van der Waals surface area contributed by atoms with E-state index in [2.05, 4.69) is 39.9 Å². The van der Waals surface area contributed by atoms with Crippen LogP contribution < -0.4 is 14.8 Å². The Balaban J connectivity index is 1.55. The van der Waals surface area contributed by atoms with E-state index < -0.39 is 0 Å². The van der Waals surface area contributed by atoms with Gasteiger partial charge in [-0.05, 0) is 87.5 Å². The molecular weight excluding hydrogens is 522 g/mol. The van der Waals surface area contributed by atoms with Gasteiger partial charge in [-0.25, -0.2) is 0 Å². The van der Waals surface area contributed by atoms with E-state index in [4.69, 9.17) is 9.47 Å². The molecule has 3 rings (SSSR count). The number of anilines is 1. The second-order valence-electron chi connectivity index (χ2n) is 13.8. The van der Waals surface area contributed by atoms with Crippen LogP contribution in [0.25, 0.3) is 0 Å². The second kappa shape index (κ2) is 15.7. The summed E-state index contributed by atoms with van der Waals surface area (Å²) in [5, 5.41) is 13.9. The quantitative estimate of drug-likeness (QED) is 0.208. The Kier molecular flexibility index (Phi) is 12.6. The van der Waals surface area contributed by atoms with E-state index in [1.54, 1.807) is 6.07 Å². The fourth-order valence-electron chi connectivity index (χ4n) is 6.33. The average molecular weight is 580 g/mol. The summed E-state index contributed by atoms with van der Waals surface area (Å²) in [4.78, 5) is 11.4. The fraction of sp³-hybridized carbons (Fsp3) is 0.649. The van der Waals surface area contributed by atoms with Crippen LogP contribution in [-0.2, 0) is 17.8 Å². The maximum atomic E-state index is 11.4. The Morgan fingerprint density at radius 2 is 1.64 bits per heavy atom. The van der Waals surface area contributed by atoms with E-state index >= 15 is 0 Å². The van der Waals surface area contributed by atoms with E-state index in [9.17, 15) is 9.90 Å². The van der Waals surface area contributed by atoms with Crippen LogP contribution in [0.2, 0.25) is 0 Å². The maximum Gasteiger partial charge on any atom is 0.221 e. The monoisotopic (exact) mass is 579 g/mol. The number of amides is 1. The summed E-state index contributed by atoms with van der Waals surface area (Å²) in [6.07, 6.45) is 13.4. The molecule has 234 valence electrons. The number of ether oxygens (including phenoxy) is 2. The normalized spacial score (nSPS) is 17.8. The summed E-state index contributed by atoms with van der Waals surface area (Å²) < 4.78 is 12.9. The first-order chi connectivity index (χ1) is 19.9. The number of carbonyl (C=O) groups excluding carboxylic acids is 1. The number of nitrogens with one attached hydrogen (secondary N) is 1. The zero-order chi connectivity index (χ0) is 30.9. The molecule has 0 radical (unpaired) electrons. The SMILES string of the molecule is CC(=O)Nc1cccc(OCc2c(O)c(C)c(C)c3c2CCC(C)(CCCC(C)CCCC(C)CCCC(C)C)O3)c1. The largest absolute Gasteiger partial charge is 0.507 e. The summed E-state index contributed by atoms with van der Waals surface area (Å²) in [6.45, 7) is 17.5. The number of phenolic OH excluding ortho intramolecular Hbond substituents is 1. The number of hydrogen-bond donors (Lipinski definition) is 2. The number of fused-ring (bicyclic) bond motifs is 1. The van der Waals surface area contributed by atoms with Crippen molar-refractivity contribution in [3.63, 3.8) is 0 Å². The molecule has 5 heteroatoms. The van der Waals surface area contributed by atoms with Crippen LogP contribution in [0.15, 0.2) is 24.3 Å². The lowest BCUT2D eigenvalue weighted by Gasteiger charge is -2.38. The van der Waals surface area contributed by atoms with E-state index in [1.165, 1.54) is 58.3 Å². The van der Waals surface area contributed by atoms with Crippen molar-refractivity contribution in [2.75, 3.05) is 5.32 Å². The van der Waals surface area contributed by atoms with Crippen molar-refractivity contribution in [1.29, 1.82) is 0 Å². The van der Waals surface area contributed by atoms with Gasteiger partial charge in [-0.3, -0.25) is 4.79 Å². The minimum absolute atomic E-state index is 0.125. The molecule has 2 aromatic carbocycles.